The number of nitrogens with one attached hydrogen (secondary N) is 2. The van der Waals surface area contributed by atoms with Crippen molar-refractivity contribution in [1.82, 2.24) is 4.98 Å². The molecule has 1 fully saturated rings. The Bertz CT molecular complexity index is 943. The summed E-state index contributed by atoms with van der Waals surface area (Å²) in [6.07, 6.45) is 1.56. The smallest absolute Gasteiger partial charge is 0.311 e. The first-order chi connectivity index (χ1) is 15.3. The van der Waals surface area contributed by atoms with Crippen LogP contribution in [0.2, 0.25) is 0 Å². The highest BCUT2D eigenvalue weighted by Gasteiger charge is 2.32. The lowest BCUT2D eigenvalue weighted by molar-refractivity contribution is -0.384. The van der Waals surface area contributed by atoms with Crippen LogP contribution in [0.5, 0.6) is 0 Å². The minimum atomic E-state index is -0.541. The van der Waals surface area contributed by atoms with Crippen molar-refractivity contribution in [2.24, 2.45) is 11.8 Å². The Kier molecular flexibility index (Phi) is 7.81. The van der Waals surface area contributed by atoms with Gasteiger partial charge in [-0.2, -0.15) is 0 Å². The summed E-state index contributed by atoms with van der Waals surface area (Å²) >= 11 is 0. The molecule has 1 aromatic carbocycles. The molecular formula is C22H30FN5O4. The van der Waals surface area contributed by atoms with Gasteiger partial charge in [-0.1, -0.05) is 13.8 Å². The highest BCUT2D eigenvalue weighted by Crippen LogP contribution is 2.33. The number of halogens is 1. The van der Waals surface area contributed by atoms with Gasteiger partial charge in [0.1, 0.15) is 11.6 Å². The molecule has 0 spiro atoms. The fourth-order valence-corrected chi connectivity index (χ4v) is 3.95. The van der Waals surface area contributed by atoms with Crippen molar-refractivity contribution < 1.29 is 19.5 Å². The predicted octanol–water partition coefficient (Wildman–Crippen LogP) is 3.51. The zero-order chi connectivity index (χ0) is 23.3. The van der Waals surface area contributed by atoms with Crippen molar-refractivity contribution >= 4 is 28.7 Å². The number of aliphatic hydroxyl groups excluding tert-OH is 2. The van der Waals surface area contributed by atoms with Gasteiger partial charge < -0.3 is 25.7 Å². The quantitative estimate of drug-likeness (QED) is 0.340. The van der Waals surface area contributed by atoms with Gasteiger partial charge in [0.15, 0.2) is 0 Å². The van der Waals surface area contributed by atoms with Gasteiger partial charge in [-0.15, -0.1) is 0 Å². The minimum Gasteiger partial charge on any atom is -0.396 e. The average Bonchev–Trinajstić information content (AvgIpc) is 2.77. The van der Waals surface area contributed by atoms with E-state index in [-0.39, 0.29) is 36.7 Å². The van der Waals surface area contributed by atoms with Gasteiger partial charge in [0, 0.05) is 37.4 Å². The Labute approximate surface area is 186 Å². The van der Waals surface area contributed by atoms with Crippen molar-refractivity contribution in [3.8, 4) is 0 Å². The largest absolute Gasteiger partial charge is 0.396 e. The first-order valence-corrected chi connectivity index (χ1v) is 10.8. The zero-order valence-corrected chi connectivity index (χ0v) is 18.3. The maximum Gasteiger partial charge on any atom is 0.311 e. The van der Waals surface area contributed by atoms with Gasteiger partial charge in [0.05, 0.1) is 23.3 Å². The molecule has 1 aliphatic heterocycles. The zero-order valence-electron chi connectivity index (χ0n) is 18.3. The molecule has 0 amide bonds. The number of anilines is 4. The molecule has 2 heterocycles. The van der Waals surface area contributed by atoms with E-state index in [1.807, 2.05) is 13.8 Å². The number of hydrogen-bond donors (Lipinski definition) is 4. The van der Waals surface area contributed by atoms with Crippen LogP contribution < -0.4 is 15.5 Å². The van der Waals surface area contributed by atoms with Crippen LogP contribution in [0, 0.1) is 27.8 Å². The fraction of sp³-hybridized carbons (Fsp3) is 0.500. The van der Waals surface area contributed by atoms with Crippen molar-refractivity contribution in [2.75, 3.05) is 41.8 Å². The lowest BCUT2D eigenvalue weighted by Crippen LogP contribution is -2.49. The van der Waals surface area contributed by atoms with Gasteiger partial charge >= 0.3 is 5.69 Å². The van der Waals surface area contributed by atoms with E-state index in [1.54, 1.807) is 23.1 Å². The highest BCUT2D eigenvalue weighted by atomic mass is 19.1. The summed E-state index contributed by atoms with van der Waals surface area (Å²) in [5.41, 5.74) is 0.424. The summed E-state index contributed by atoms with van der Waals surface area (Å²) in [4.78, 5) is 17.0. The van der Waals surface area contributed by atoms with Crippen LogP contribution in [-0.4, -0.2) is 52.5 Å². The molecule has 3 rings (SSSR count). The van der Waals surface area contributed by atoms with E-state index in [2.05, 4.69) is 15.6 Å². The third-order valence-corrected chi connectivity index (χ3v) is 5.62. The van der Waals surface area contributed by atoms with E-state index in [0.29, 0.717) is 36.2 Å². The minimum absolute atomic E-state index is 0.0162. The summed E-state index contributed by atoms with van der Waals surface area (Å²) in [7, 11) is 0. The Morgan fingerprint density at radius 3 is 2.69 bits per heavy atom. The Hall–Kier alpha value is -2.98. The SMILES string of the molecule is CC(C)CNc1ccc([N+](=O)[O-])c(Nc2ccc(N3CCCC(CO)C3CO)c(F)c2)n1. The Morgan fingerprint density at radius 2 is 2.06 bits per heavy atom. The number of benzene rings is 1. The summed E-state index contributed by atoms with van der Waals surface area (Å²) < 4.78 is 15.0. The lowest BCUT2D eigenvalue weighted by atomic mass is 9.89. The second-order valence-corrected chi connectivity index (χ2v) is 8.42. The molecule has 9 nitrogen and oxygen atoms in total. The second kappa shape index (κ2) is 10.6. The maximum atomic E-state index is 15.0. The number of pyridine rings is 1. The number of nitro groups is 1. The van der Waals surface area contributed by atoms with Crippen LogP contribution in [0.1, 0.15) is 26.7 Å². The number of hydrogen-bond acceptors (Lipinski definition) is 8. The normalized spacial score (nSPS) is 18.6. The van der Waals surface area contributed by atoms with Crippen molar-refractivity contribution in [3.63, 3.8) is 0 Å². The molecule has 2 unspecified atom stereocenters. The summed E-state index contributed by atoms with van der Waals surface area (Å²) in [5, 5.41) is 36.8. The number of rotatable bonds is 9. The third kappa shape index (κ3) is 5.43. The molecule has 1 aliphatic rings. The molecule has 2 aromatic rings. The first kappa shape index (κ1) is 23.7. The molecule has 0 aliphatic carbocycles. The monoisotopic (exact) mass is 447 g/mol. The van der Waals surface area contributed by atoms with Gasteiger partial charge in [-0.05, 0) is 43.0 Å². The average molecular weight is 448 g/mol. The standard InChI is InChI=1S/C22H30FN5O4/c1-14(2)11-24-21-8-7-19(28(31)32)22(26-21)25-16-5-6-18(17(23)10-16)27-9-3-4-15(12-29)20(27)13-30/h5-8,10,14-15,20,29-30H,3-4,9,11-13H2,1-2H3,(H2,24,25,26). The van der Waals surface area contributed by atoms with Crippen LogP contribution in [0.15, 0.2) is 30.3 Å². The van der Waals surface area contributed by atoms with Gasteiger partial charge in [-0.25, -0.2) is 9.37 Å². The van der Waals surface area contributed by atoms with Crippen LogP contribution >= 0.6 is 0 Å². The van der Waals surface area contributed by atoms with Gasteiger partial charge in [0.25, 0.3) is 0 Å². The Morgan fingerprint density at radius 1 is 1.28 bits per heavy atom. The molecule has 174 valence electrons. The van der Waals surface area contributed by atoms with Crippen molar-refractivity contribution in [2.45, 2.75) is 32.7 Å². The molecule has 32 heavy (non-hydrogen) atoms. The second-order valence-electron chi connectivity index (χ2n) is 8.42. The molecule has 1 aromatic heterocycles. The maximum absolute atomic E-state index is 15.0. The van der Waals surface area contributed by atoms with E-state index in [9.17, 15) is 20.3 Å². The van der Waals surface area contributed by atoms with E-state index in [1.165, 1.54) is 12.1 Å². The summed E-state index contributed by atoms with van der Waals surface area (Å²) in [5.74, 6) is 0.219. The number of aliphatic hydroxyl groups is 2. The molecular weight excluding hydrogens is 417 g/mol. The van der Waals surface area contributed by atoms with Gasteiger partial charge in [-0.3, -0.25) is 10.1 Å². The van der Waals surface area contributed by atoms with E-state index >= 15 is 4.39 Å². The van der Waals surface area contributed by atoms with E-state index in [4.69, 9.17) is 0 Å². The van der Waals surface area contributed by atoms with Crippen LogP contribution in [0.25, 0.3) is 0 Å². The fourth-order valence-electron chi connectivity index (χ4n) is 3.95. The molecule has 0 bridgehead atoms. The van der Waals surface area contributed by atoms with Crippen molar-refractivity contribution in [3.05, 3.63) is 46.3 Å². The summed E-state index contributed by atoms with van der Waals surface area (Å²) in [6.45, 7) is 5.05. The van der Waals surface area contributed by atoms with Crippen LogP contribution in [-0.2, 0) is 0 Å². The highest BCUT2D eigenvalue weighted by molar-refractivity contribution is 5.69. The first-order valence-electron chi connectivity index (χ1n) is 10.8. The van der Waals surface area contributed by atoms with Gasteiger partial charge in [0.2, 0.25) is 5.82 Å². The molecule has 1 saturated heterocycles. The molecule has 4 N–H and O–H groups in total. The molecule has 10 heteroatoms. The Balaban J connectivity index is 1.85. The third-order valence-electron chi connectivity index (χ3n) is 5.62. The summed E-state index contributed by atoms with van der Waals surface area (Å²) in [6, 6.07) is 6.98. The molecule has 2 atom stereocenters. The van der Waals surface area contributed by atoms with Crippen LogP contribution in [0.4, 0.5) is 33.1 Å². The predicted molar refractivity (Wildman–Crippen MR) is 122 cm³/mol. The lowest BCUT2D eigenvalue weighted by Gasteiger charge is -2.41. The topological polar surface area (TPSA) is 124 Å². The van der Waals surface area contributed by atoms with Crippen LogP contribution in [0.3, 0.4) is 0 Å². The molecule has 0 radical (unpaired) electrons. The van der Waals surface area contributed by atoms with E-state index in [0.717, 1.165) is 12.8 Å². The van der Waals surface area contributed by atoms with E-state index < -0.39 is 10.7 Å². The number of aromatic nitrogens is 1. The molecule has 0 saturated carbocycles. The number of piperidine rings is 1. The van der Waals surface area contributed by atoms with Crippen molar-refractivity contribution in [1.29, 1.82) is 0 Å². The number of nitrogens with zero attached hydrogens (tertiary/aromatic N) is 3.